The molecule has 0 N–H and O–H groups in total. The van der Waals surface area contributed by atoms with Gasteiger partial charge in [0.1, 0.15) is 0 Å². The van der Waals surface area contributed by atoms with Crippen molar-refractivity contribution in [3.8, 4) is 0 Å². The highest BCUT2D eigenvalue weighted by molar-refractivity contribution is 5.94. The van der Waals surface area contributed by atoms with Gasteiger partial charge in [-0.3, -0.25) is 14.5 Å². The van der Waals surface area contributed by atoms with E-state index >= 15 is 0 Å². The monoisotopic (exact) mass is 374 g/mol. The van der Waals surface area contributed by atoms with E-state index in [2.05, 4.69) is 12.1 Å². The van der Waals surface area contributed by atoms with Crippen LogP contribution in [0.4, 0.5) is 10.5 Å². The van der Waals surface area contributed by atoms with E-state index in [1.807, 2.05) is 17.9 Å². The van der Waals surface area contributed by atoms with Gasteiger partial charge in [-0.05, 0) is 43.4 Å². The number of aryl methyl sites for hydroxylation is 1. The first-order valence-corrected chi connectivity index (χ1v) is 9.21. The molecule has 0 unspecified atom stereocenters. The summed E-state index contributed by atoms with van der Waals surface area (Å²) in [5, 5.41) is 0. The minimum Gasteiger partial charge on any atom is -0.469 e. The number of nitrogens with zero attached hydrogens (tertiary/aromatic N) is 2. The van der Waals surface area contributed by atoms with Crippen molar-refractivity contribution >= 4 is 23.7 Å². The highest BCUT2D eigenvalue weighted by Gasteiger charge is 2.46. The molecule has 3 rings (SSSR count). The van der Waals surface area contributed by atoms with E-state index in [0.717, 1.165) is 17.7 Å². The quantitative estimate of drug-likeness (QED) is 0.759. The molecule has 0 bridgehead atoms. The number of esters is 2. The molecule has 27 heavy (non-hydrogen) atoms. The van der Waals surface area contributed by atoms with Gasteiger partial charge in [-0.25, -0.2) is 4.79 Å². The van der Waals surface area contributed by atoms with Crippen LogP contribution in [-0.2, 0) is 25.5 Å². The maximum atomic E-state index is 13.0. The van der Waals surface area contributed by atoms with E-state index in [-0.39, 0.29) is 12.5 Å². The van der Waals surface area contributed by atoms with Crippen molar-refractivity contribution < 1.29 is 23.9 Å². The Morgan fingerprint density at radius 2 is 1.78 bits per heavy atom. The zero-order valence-electron chi connectivity index (χ0n) is 16.1. The molecule has 0 spiro atoms. The Hall–Kier alpha value is -2.57. The summed E-state index contributed by atoms with van der Waals surface area (Å²) in [5.41, 5.74) is 2.35. The fourth-order valence-electron chi connectivity index (χ4n) is 4.00. The van der Waals surface area contributed by atoms with Gasteiger partial charge in [0, 0.05) is 25.3 Å². The Balaban J connectivity index is 1.71. The molecule has 146 valence electrons. The lowest BCUT2D eigenvalue weighted by Gasteiger charge is -2.40. The molecule has 2 aliphatic heterocycles. The van der Waals surface area contributed by atoms with Crippen LogP contribution in [0.2, 0.25) is 0 Å². The zero-order valence-corrected chi connectivity index (χ0v) is 16.1. The molecule has 7 nitrogen and oxygen atoms in total. The number of anilines is 1. The first-order chi connectivity index (χ1) is 12.9. The second-order valence-electron chi connectivity index (χ2n) is 7.33. The minimum atomic E-state index is -0.919. The summed E-state index contributed by atoms with van der Waals surface area (Å²) in [4.78, 5) is 40.7. The number of carbonyl (C=O) groups excluding carboxylic acids is 3. The third kappa shape index (κ3) is 3.63. The number of carbonyl (C=O) groups is 3. The van der Waals surface area contributed by atoms with Crippen LogP contribution in [0.25, 0.3) is 0 Å². The fourth-order valence-corrected chi connectivity index (χ4v) is 4.00. The largest absolute Gasteiger partial charge is 0.469 e. The first-order valence-electron chi connectivity index (χ1n) is 9.21. The summed E-state index contributed by atoms with van der Waals surface area (Å²) in [7, 11) is 2.63. The van der Waals surface area contributed by atoms with Crippen molar-refractivity contribution in [2.45, 2.75) is 32.6 Å². The van der Waals surface area contributed by atoms with Crippen molar-refractivity contribution in [3.63, 3.8) is 0 Å². The summed E-state index contributed by atoms with van der Waals surface area (Å²) in [5.74, 6) is -0.855. The molecule has 1 saturated heterocycles. The van der Waals surface area contributed by atoms with Crippen molar-refractivity contribution in [2.75, 3.05) is 38.8 Å². The number of hydrogen-bond acceptors (Lipinski definition) is 5. The Morgan fingerprint density at radius 3 is 2.41 bits per heavy atom. The predicted octanol–water partition coefficient (Wildman–Crippen LogP) is 2.30. The van der Waals surface area contributed by atoms with E-state index in [0.29, 0.717) is 32.5 Å². The second kappa shape index (κ2) is 7.58. The van der Waals surface area contributed by atoms with Gasteiger partial charge in [0.25, 0.3) is 0 Å². The number of piperidine rings is 1. The number of ether oxygens (including phenoxy) is 2. The lowest BCUT2D eigenvalue weighted by molar-refractivity contribution is -0.162. The summed E-state index contributed by atoms with van der Waals surface area (Å²) in [6, 6.07) is 6.13. The third-order valence-electron chi connectivity index (χ3n) is 5.69. The molecule has 2 amide bonds. The molecule has 0 aromatic heterocycles. The highest BCUT2D eigenvalue weighted by Crippen LogP contribution is 2.38. The molecular weight excluding hydrogens is 348 g/mol. The van der Waals surface area contributed by atoms with Crippen molar-refractivity contribution in [1.82, 2.24) is 4.90 Å². The van der Waals surface area contributed by atoms with Crippen LogP contribution in [0.1, 0.15) is 30.4 Å². The van der Waals surface area contributed by atoms with E-state index < -0.39 is 17.4 Å². The van der Waals surface area contributed by atoms with Gasteiger partial charge in [-0.15, -0.1) is 0 Å². The Morgan fingerprint density at radius 1 is 1.07 bits per heavy atom. The van der Waals surface area contributed by atoms with Crippen LogP contribution in [-0.4, -0.2) is 56.7 Å². The van der Waals surface area contributed by atoms with E-state index in [9.17, 15) is 14.4 Å². The molecule has 2 aliphatic rings. The third-order valence-corrected chi connectivity index (χ3v) is 5.69. The van der Waals surface area contributed by atoms with Crippen molar-refractivity contribution in [1.29, 1.82) is 0 Å². The molecule has 1 fully saturated rings. The lowest BCUT2D eigenvalue weighted by Crippen LogP contribution is -2.51. The first kappa shape index (κ1) is 19.2. The number of fused-ring (bicyclic) bond motifs is 1. The van der Waals surface area contributed by atoms with Gasteiger partial charge in [0.05, 0.1) is 26.1 Å². The SMILES string of the molecule is COC(=O)CC1(C(=O)OC)CCN(C(=O)N2CCc3ccc(C)cc32)CC1. The van der Waals surface area contributed by atoms with Crippen LogP contribution in [0.3, 0.4) is 0 Å². The predicted molar refractivity (Wildman–Crippen MR) is 99.5 cm³/mol. The molecule has 2 heterocycles. The van der Waals surface area contributed by atoms with Crippen LogP contribution >= 0.6 is 0 Å². The van der Waals surface area contributed by atoms with Gasteiger partial charge >= 0.3 is 18.0 Å². The summed E-state index contributed by atoms with van der Waals surface area (Å²) >= 11 is 0. The smallest absolute Gasteiger partial charge is 0.324 e. The summed E-state index contributed by atoms with van der Waals surface area (Å²) in [6.45, 7) is 3.49. The molecule has 0 radical (unpaired) electrons. The van der Waals surface area contributed by atoms with Gasteiger partial charge in [0.15, 0.2) is 0 Å². The number of urea groups is 1. The van der Waals surface area contributed by atoms with E-state index in [1.54, 1.807) is 4.90 Å². The number of amides is 2. The molecule has 0 atom stereocenters. The topological polar surface area (TPSA) is 76.2 Å². The second-order valence-corrected chi connectivity index (χ2v) is 7.33. The molecule has 7 heteroatoms. The van der Waals surface area contributed by atoms with Crippen LogP contribution in [0.5, 0.6) is 0 Å². The summed E-state index contributed by atoms with van der Waals surface area (Å²) < 4.78 is 9.68. The number of benzene rings is 1. The molecule has 1 aromatic rings. The average molecular weight is 374 g/mol. The highest BCUT2D eigenvalue weighted by atomic mass is 16.5. The molecule has 1 aromatic carbocycles. The maximum absolute atomic E-state index is 13.0. The van der Waals surface area contributed by atoms with Crippen LogP contribution in [0.15, 0.2) is 18.2 Å². The lowest BCUT2D eigenvalue weighted by atomic mass is 9.75. The Kier molecular flexibility index (Phi) is 5.39. The molecular formula is C20H26N2O5. The number of rotatable bonds is 3. The summed E-state index contributed by atoms with van der Waals surface area (Å²) in [6.07, 6.45) is 1.59. The molecule has 0 aliphatic carbocycles. The fraction of sp³-hybridized carbons (Fsp3) is 0.550. The maximum Gasteiger partial charge on any atom is 0.324 e. The van der Waals surface area contributed by atoms with Crippen LogP contribution < -0.4 is 4.90 Å². The van der Waals surface area contributed by atoms with Gasteiger partial charge in [-0.1, -0.05) is 12.1 Å². The molecule has 0 saturated carbocycles. The number of methoxy groups -OCH3 is 2. The van der Waals surface area contributed by atoms with Gasteiger partial charge in [0.2, 0.25) is 0 Å². The number of hydrogen-bond donors (Lipinski definition) is 0. The van der Waals surface area contributed by atoms with Crippen molar-refractivity contribution in [2.24, 2.45) is 5.41 Å². The number of likely N-dealkylation sites (tertiary alicyclic amines) is 1. The Labute approximate surface area is 159 Å². The standard InChI is InChI=1S/C20H26N2O5/c1-14-4-5-15-6-9-22(16(15)12-14)19(25)21-10-7-20(8-11-21,18(24)27-3)13-17(23)26-2/h4-5,12H,6-11,13H2,1-3H3. The van der Waals surface area contributed by atoms with Gasteiger partial charge in [-0.2, -0.15) is 0 Å². The van der Waals surface area contributed by atoms with E-state index in [1.165, 1.54) is 19.8 Å². The average Bonchev–Trinajstić information content (AvgIpc) is 3.10. The Bertz CT molecular complexity index is 753. The van der Waals surface area contributed by atoms with Crippen LogP contribution in [0, 0.1) is 12.3 Å². The van der Waals surface area contributed by atoms with Gasteiger partial charge < -0.3 is 14.4 Å². The normalized spacial score (nSPS) is 18.0. The van der Waals surface area contributed by atoms with Crippen molar-refractivity contribution in [3.05, 3.63) is 29.3 Å². The zero-order chi connectivity index (χ0) is 19.6. The van der Waals surface area contributed by atoms with E-state index in [4.69, 9.17) is 9.47 Å². The minimum absolute atomic E-state index is 0.0239.